The third kappa shape index (κ3) is 1.60. The molecule has 0 amide bonds. The molecule has 18 heavy (non-hydrogen) atoms. The predicted octanol–water partition coefficient (Wildman–Crippen LogP) is 1.53. The van der Waals surface area contributed by atoms with Crippen LogP contribution < -0.4 is 0 Å². The zero-order valence-electron chi connectivity index (χ0n) is 10.0. The standard InChI is InChI=1S/C12H13NO4S/c1-3-13-11(8(2)14)12(15)9-6-4-5-7-10(9)18(13,16)17/h4-7,15H,3H2,1-2H3. The maximum atomic E-state index is 12.3. The van der Waals surface area contributed by atoms with Gasteiger partial charge in [-0.25, -0.2) is 8.42 Å². The quantitative estimate of drug-likeness (QED) is 0.881. The van der Waals surface area contributed by atoms with Gasteiger partial charge in [0.1, 0.15) is 5.70 Å². The molecule has 6 heteroatoms. The van der Waals surface area contributed by atoms with Gasteiger partial charge < -0.3 is 5.11 Å². The zero-order valence-corrected chi connectivity index (χ0v) is 10.9. The maximum Gasteiger partial charge on any atom is 0.265 e. The van der Waals surface area contributed by atoms with Gasteiger partial charge in [-0.1, -0.05) is 12.1 Å². The Bertz CT molecular complexity index is 646. The van der Waals surface area contributed by atoms with E-state index in [1.54, 1.807) is 19.1 Å². The summed E-state index contributed by atoms with van der Waals surface area (Å²) in [6.07, 6.45) is 0. The van der Waals surface area contributed by atoms with Gasteiger partial charge in [0.2, 0.25) is 0 Å². The van der Waals surface area contributed by atoms with Crippen molar-refractivity contribution < 1.29 is 18.3 Å². The van der Waals surface area contributed by atoms with Crippen molar-refractivity contribution in [1.29, 1.82) is 0 Å². The summed E-state index contributed by atoms with van der Waals surface area (Å²) in [5.74, 6) is -0.762. The second-order valence-electron chi connectivity index (χ2n) is 3.92. The van der Waals surface area contributed by atoms with Gasteiger partial charge in [0.05, 0.1) is 4.90 Å². The minimum Gasteiger partial charge on any atom is -0.505 e. The average molecular weight is 267 g/mol. The van der Waals surface area contributed by atoms with Crippen molar-refractivity contribution in [2.75, 3.05) is 6.54 Å². The summed E-state index contributed by atoms with van der Waals surface area (Å²) in [4.78, 5) is 11.6. The monoisotopic (exact) mass is 267 g/mol. The SMILES string of the molecule is CCN1C(C(C)=O)=C(O)c2ccccc2S1(=O)=O. The van der Waals surface area contributed by atoms with Crippen molar-refractivity contribution in [3.05, 3.63) is 35.5 Å². The fourth-order valence-electron chi connectivity index (χ4n) is 2.04. The maximum absolute atomic E-state index is 12.3. The molecule has 1 heterocycles. The Balaban J connectivity index is 2.86. The number of nitrogens with zero attached hydrogens (tertiary/aromatic N) is 1. The number of carbonyl (C=O) groups excluding carboxylic acids is 1. The largest absolute Gasteiger partial charge is 0.505 e. The molecule has 0 atom stereocenters. The van der Waals surface area contributed by atoms with Gasteiger partial charge in [0.25, 0.3) is 10.0 Å². The molecule has 1 N–H and O–H groups in total. The van der Waals surface area contributed by atoms with Crippen molar-refractivity contribution in [2.24, 2.45) is 0 Å². The van der Waals surface area contributed by atoms with E-state index in [9.17, 15) is 18.3 Å². The van der Waals surface area contributed by atoms with Crippen LogP contribution in [0.3, 0.4) is 0 Å². The second kappa shape index (κ2) is 4.13. The molecule has 0 fully saturated rings. The summed E-state index contributed by atoms with van der Waals surface area (Å²) in [5.41, 5.74) is 0.00333. The highest BCUT2D eigenvalue weighted by Gasteiger charge is 2.37. The van der Waals surface area contributed by atoms with Crippen LogP contribution in [-0.2, 0) is 14.8 Å². The molecule has 1 aromatic carbocycles. The van der Waals surface area contributed by atoms with Crippen LogP contribution in [0.1, 0.15) is 19.4 Å². The highest BCUT2D eigenvalue weighted by molar-refractivity contribution is 7.89. The lowest BCUT2D eigenvalue weighted by atomic mass is 10.1. The Morgan fingerprint density at radius 3 is 2.50 bits per heavy atom. The second-order valence-corrected chi connectivity index (χ2v) is 5.75. The van der Waals surface area contributed by atoms with E-state index in [1.165, 1.54) is 19.1 Å². The molecule has 2 rings (SSSR count). The van der Waals surface area contributed by atoms with Crippen LogP contribution in [-0.4, -0.2) is 30.2 Å². The molecule has 1 aromatic rings. The van der Waals surface area contributed by atoms with Gasteiger partial charge in [-0.15, -0.1) is 0 Å². The van der Waals surface area contributed by atoms with E-state index < -0.39 is 15.8 Å². The number of carbonyl (C=O) groups is 1. The number of Topliss-reactive ketones (excluding diaryl/α,β-unsaturated/α-hetero) is 1. The molecule has 0 saturated heterocycles. The third-order valence-electron chi connectivity index (χ3n) is 2.80. The number of hydrogen-bond donors (Lipinski definition) is 1. The van der Waals surface area contributed by atoms with Crippen molar-refractivity contribution in [3.8, 4) is 0 Å². The first-order valence-electron chi connectivity index (χ1n) is 5.47. The smallest absolute Gasteiger partial charge is 0.265 e. The fourth-order valence-corrected chi connectivity index (χ4v) is 3.77. The minimum atomic E-state index is -3.77. The van der Waals surface area contributed by atoms with Crippen LogP contribution >= 0.6 is 0 Å². The number of fused-ring (bicyclic) bond motifs is 1. The summed E-state index contributed by atoms with van der Waals surface area (Å²) in [5, 5.41) is 10.1. The van der Waals surface area contributed by atoms with Gasteiger partial charge in [-0.05, 0) is 19.1 Å². The van der Waals surface area contributed by atoms with Crippen molar-refractivity contribution in [2.45, 2.75) is 18.7 Å². The first-order chi connectivity index (χ1) is 8.41. The molecule has 0 spiro atoms. The highest BCUT2D eigenvalue weighted by atomic mass is 32.2. The Kier molecular flexibility index (Phi) is 2.90. The van der Waals surface area contributed by atoms with E-state index in [1.807, 2.05) is 0 Å². The summed E-state index contributed by atoms with van der Waals surface area (Å²) < 4.78 is 25.6. The minimum absolute atomic E-state index is 0.0225. The summed E-state index contributed by atoms with van der Waals surface area (Å²) in [7, 11) is -3.77. The van der Waals surface area contributed by atoms with Crippen LogP contribution in [0.25, 0.3) is 5.76 Å². The topological polar surface area (TPSA) is 74.7 Å². The predicted molar refractivity (Wildman–Crippen MR) is 66.2 cm³/mol. The summed E-state index contributed by atoms with van der Waals surface area (Å²) >= 11 is 0. The summed E-state index contributed by atoms with van der Waals surface area (Å²) in [6, 6.07) is 6.10. The number of hydrogen-bond acceptors (Lipinski definition) is 4. The van der Waals surface area contributed by atoms with Crippen LogP contribution in [0.2, 0.25) is 0 Å². The first kappa shape index (κ1) is 12.6. The van der Waals surface area contributed by atoms with Crippen LogP contribution in [0.5, 0.6) is 0 Å². The number of benzene rings is 1. The molecule has 0 radical (unpaired) electrons. The fraction of sp³-hybridized carbons (Fsp3) is 0.250. The first-order valence-corrected chi connectivity index (χ1v) is 6.91. The molecule has 96 valence electrons. The van der Waals surface area contributed by atoms with Crippen LogP contribution in [0.4, 0.5) is 0 Å². The Labute approximate surface area is 105 Å². The van der Waals surface area contributed by atoms with E-state index in [2.05, 4.69) is 0 Å². The van der Waals surface area contributed by atoms with Gasteiger partial charge in [-0.2, -0.15) is 0 Å². The van der Waals surface area contributed by atoms with E-state index in [4.69, 9.17) is 0 Å². The molecule has 0 unspecified atom stereocenters. The van der Waals surface area contributed by atoms with Crippen LogP contribution in [0, 0.1) is 0 Å². The van der Waals surface area contributed by atoms with Crippen molar-refractivity contribution >= 4 is 21.6 Å². The number of rotatable bonds is 2. The number of aliphatic hydroxyl groups is 1. The molecule has 0 aromatic heterocycles. The molecule has 0 saturated carbocycles. The van der Waals surface area contributed by atoms with Gasteiger partial charge in [0.15, 0.2) is 11.5 Å². The average Bonchev–Trinajstić information content (AvgIpc) is 2.33. The van der Waals surface area contributed by atoms with Gasteiger partial charge in [-0.3, -0.25) is 9.10 Å². The lowest BCUT2D eigenvalue weighted by Crippen LogP contribution is -2.37. The molecule has 1 aliphatic heterocycles. The zero-order chi connectivity index (χ0) is 13.5. The molecule has 0 bridgehead atoms. The van der Waals surface area contributed by atoms with Crippen molar-refractivity contribution in [1.82, 2.24) is 4.31 Å². The molecular weight excluding hydrogens is 254 g/mol. The summed E-state index contributed by atoms with van der Waals surface area (Å²) in [6.45, 7) is 2.94. The van der Waals surface area contributed by atoms with E-state index in [-0.39, 0.29) is 28.5 Å². The Morgan fingerprint density at radius 1 is 1.33 bits per heavy atom. The molecular formula is C12H13NO4S. The van der Waals surface area contributed by atoms with E-state index >= 15 is 0 Å². The lowest BCUT2D eigenvalue weighted by molar-refractivity contribution is -0.114. The Morgan fingerprint density at radius 2 is 1.94 bits per heavy atom. The van der Waals surface area contributed by atoms with Gasteiger partial charge in [0, 0.05) is 19.0 Å². The molecule has 5 nitrogen and oxygen atoms in total. The molecule has 1 aliphatic rings. The van der Waals surface area contributed by atoms with E-state index in [0.717, 1.165) is 4.31 Å². The lowest BCUT2D eigenvalue weighted by Gasteiger charge is -2.30. The number of allylic oxidation sites excluding steroid dienone is 1. The number of likely N-dealkylation sites (N-methyl/N-ethyl adjacent to an activating group) is 1. The van der Waals surface area contributed by atoms with Gasteiger partial charge >= 0.3 is 0 Å². The Hall–Kier alpha value is -1.82. The third-order valence-corrected chi connectivity index (χ3v) is 4.74. The van der Waals surface area contributed by atoms with Crippen LogP contribution in [0.15, 0.2) is 34.9 Å². The molecule has 0 aliphatic carbocycles. The normalized spacial score (nSPS) is 17.6. The van der Waals surface area contributed by atoms with Crippen molar-refractivity contribution in [3.63, 3.8) is 0 Å². The highest BCUT2D eigenvalue weighted by Crippen LogP contribution is 2.35. The number of aliphatic hydroxyl groups excluding tert-OH is 1. The van der Waals surface area contributed by atoms with E-state index in [0.29, 0.717) is 0 Å². The number of sulfonamides is 1. The number of ketones is 1.